The lowest BCUT2D eigenvalue weighted by Crippen LogP contribution is -2.41. The van der Waals surface area contributed by atoms with Gasteiger partial charge in [0.05, 0.1) is 0 Å². The molecule has 1 aliphatic heterocycles. The summed E-state index contributed by atoms with van der Waals surface area (Å²) in [6.07, 6.45) is 3.37. The zero-order valence-electron chi connectivity index (χ0n) is 18.4. The molecule has 0 aliphatic carbocycles. The van der Waals surface area contributed by atoms with E-state index in [4.69, 9.17) is 0 Å². The maximum Gasteiger partial charge on any atom is 0.321 e. The van der Waals surface area contributed by atoms with E-state index in [1.54, 1.807) is 0 Å². The predicted molar refractivity (Wildman–Crippen MR) is 121 cm³/mol. The number of benzene rings is 2. The fourth-order valence-corrected chi connectivity index (χ4v) is 3.91. The summed E-state index contributed by atoms with van der Waals surface area (Å²) in [5.41, 5.74) is 4.39. The van der Waals surface area contributed by atoms with Crippen LogP contribution in [0.4, 0.5) is 10.5 Å². The number of piperidine rings is 1. The highest BCUT2D eigenvalue weighted by Gasteiger charge is 2.23. The zero-order valence-corrected chi connectivity index (χ0v) is 18.4. The molecule has 0 aromatic heterocycles. The number of nitrogens with one attached hydrogen (secondary N) is 1. The van der Waals surface area contributed by atoms with Crippen molar-refractivity contribution in [1.29, 1.82) is 0 Å². The van der Waals surface area contributed by atoms with Gasteiger partial charge in [0, 0.05) is 38.8 Å². The fourth-order valence-electron chi connectivity index (χ4n) is 3.91. The topological polar surface area (TPSA) is 52.7 Å². The van der Waals surface area contributed by atoms with Crippen molar-refractivity contribution in [2.75, 3.05) is 25.5 Å². The first-order valence-corrected chi connectivity index (χ1v) is 10.8. The molecule has 2 aromatic rings. The summed E-state index contributed by atoms with van der Waals surface area (Å²) < 4.78 is 0. The molecule has 1 fully saturated rings. The van der Waals surface area contributed by atoms with Crippen molar-refractivity contribution >= 4 is 17.6 Å². The molecule has 0 atom stereocenters. The Bertz CT molecular complexity index is 858. The molecule has 0 spiro atoms. The number of carbonyl (C=O) groups is 2. The molecule has 1 N–H and O–H groups in total. The number of hydrogen-bond donors (Lipinski definition) is 1. The number of carbonyl (C=O) groups excluding carboxylic acids is 2. The van der Waals surface area contributed by atoms with E-state index in [1.165, 1.54) is 11.1 Å². The van der Waals surface area contributed by atoms with Crippen LogP contribution in [0.5, 0.6) is 0 Å². The molecule has 3 amide bonds. The van der Waals surface area contributed by atoms with E-state index in [0.29, 0.717) is 18.9 Å². The van der Waals surface area contributed by atoms with Gasteiger partial charge in [-0.25, -0.2) is 4.79 Å². The van der Waals surface area contributed by atoms with Crippen molar-refractivity contribution in [2.45, 2.75) is 46.1 Å². The number of likely N-dealkylation sites (tertiary alicyclic amines) is 1. The van der Waals surface area contributed by atoms with Crippen LogP contribution in [0, 0.1) is 19.8 Å². The lowest BCUT2D eigenvalue weighted by molar-refractivity contribution is -0.130. The van der Waals surface area contributed by atoms with Crippen LogP contribution in [0.1, 0.15) is 42.4 Å². The van der Waals surface area contributed by atoms with Gasteiger partial charge in [0.1, 0.15) is 0 Å². The molecule has 1 heterocycles. The largest absolute Gasteiger partial charge is 0.341 e. The second kappa shape index (κ2) is 10.3. The Kier molecular flexibility index (Phi) is 7.50. The van der Waals surface area contributed by atoms with Gasteiger partial charge in [0.15, 0.2) is 0 Å². The minimum atomic E-state index is -0.0321. The molecule has 0 bridgehead atoms. The van der Waals surface area contributed by atoms with Crippen molar-refractivity contribution in [2.24, 2.45) is 5.92 Å². The summed E-state index contributed by atoms with van der Waals surface area (Å²) in [6, 6.07) is 16.0. The number of urea groups is 1. The fraction of sp³-hybridized carbons (Fsp3) is 0.440. The minimum absolute atomic E-state index is 0.0321. The molecule has 1 saturated heterocycles. The zero-order chi connectivity index (χ0) is 21.5. The molecule has 2 aromatic carbocycles. The highest BCUT2D eigenvalue weighted by atomic mass is 16.2. The van der Waals surface area contributed by atoms with Crippen LogP contribution in [0.15, 0.2) is 48.5 Å². The Morgan fingerprint density at radius 1 is 1.03 bits per heavy atom. The van der Waals surface area contributed by atoms with Gasteiger partial charge < -0.3 is 15.1 Å². The highest BCUT2D eigenvalue weighted by molar-refractivity contribution is 5.89. The maximum absolute atomic E-state index is 12.6. The van der Waals surface area contributed by atoms with E-state index in [-0.39, 0.29) is 11.9 Å². The molecular formula is C25H33N3O2. The molecule has 3 rings (SSSR count). The van der Waals surface area contributed by atoms with E-state index in [0.717, 1.165) is 43.6 Å². The molecule has 1 aliphatic rings. The van der Waals surface area contributed by atoms with Crippen molar-refractivity contribution in [3.05, 3.63) is 65.2 Å². The van der Waals surface area contributed by atoms with E-state index in [1.807, 2.05) is 65.4 Å². The molecule has 160 valence electrons. The van der Waals surface area contributed by atoms with Gasteiger partial charge in [-0.05, 0) is 67.9 Å². The average Bonchev–Trinajstić information content (AvgIpc) is 2.75. The van der Waals surface area contributed by atoms with Crippen LogP contribution in [0.25, 0.3) is 0 Å². The van der Waals surface area contributed by atoms with Crippen LogP contribution in [-0.2, 0) is 11.3 Å². The van der Waals surface area contributed by atoms with Crippen LogP contribution in [0.2, 0.25) is 0 Å². The second-order valence-corrected chi connectivity index (χ2v) is 8.43. The Labute approximate surface area is 180 Å². The smallest absolute Gasteiger partial charge is 0.321 e. The summed E-state index contributed by atoms with van der Waals surface area (Å²) >= 11 is 0. The SMILES string of the molecule is Cc1ccc(NC(=O)N2CCC(CCC(=O)N(C)Cc3ccccc3)CC2)cc1C. The number of amides is 3. The standard InChI is InChI=1S/C25H33N3O2/c1-19-9-11-23(17-20(19)2)26-25(30)28-15-13-21(14-16-28)10-12-24(29)27(3)18-22-7-5-4-6-8-22/h4-9,11,17,21H,10,12-16,18H2,1-3H3,(H,26,30). The third-order valence-corrected chi connectivity index (χ3v) is 6.11. The molecule has 5 nitrogen and oxygen atoms in total. The highest BCUT2D eigenvalue weighted by Crippen LogP contribution is 2.23. The number of aryl methyl sites for hydroxylation is 2. The summed E-state index contributed by atoms with van der Waals surface area (Å²) in [4.78, 5) is 28.7. The third kappa shape index (κ3) is 6.09. The van der Waals surface area contributed by atoms with Crippen molar-refractivity contribution in [3.8, 4) is 0 Å². The summed E-state index contributed by atoms with van der Waals surface area (Å²) in [5, 5.41) is 3.01. The summed E-state index contributed by atoms with van der Waals surface area (Å²) in [6.45, 7) is 6.26. The van der Waals surface area contributed by atoms with Crippen LogP contribution in [-0.4, -0.2) is 41.9 Å². The molecule has 30 heavy (non-hydrogen) atoms. The molecule has 0 saturated carbocycles. The summed E-state index contributed by atoms with van der Waals surface area (Å²) in [7, 11) is 1.87. The van der Waals surface area contributed by atoms with Crippen LogP contribution >= 0.6 is 0 Å². The number of nitrogens with zero attached hydrogens (tertiary/aromatic N) is 2. The van der Waals surface area contributed by atoms with Crippen molar-refractivity contribution in [3.63, 3.8) is 0 Å². The quantitative estimate of drug-likeness (QED) is 0.734. The van der Waals surface area contributed by atoms with E-state index < -0.39 is 0 Å². The Hall–Kier alpha value is -2.82. The van der Waals surface area contributed by atoms with Gasteiger partial charge in [0.2, 0.25) is 5.91 Å². The third-order valence-electron chi connectivity index (χ3n) is 6.11. The average molecular weight is 408 g/mol. The maximum atomic E-state index is 12.6. The van der Waals surface area contributed by atoms with Crippen molar-refractivity contribution in [1.82, 2.24) is 9.80 Å². The van der Waals surface area contributed by atoms with E-state index in [2.05, 4.69) is 19.2 Å². The van der Waals surface area contributed by atoms with Crippen molar-refractivity contribution < 1.29 is 9.59 Å². The number of hydrogen-bond acceptors (Lipinski definition) is 2. The monoisotopic (exact) mass is 407 g/mol. The van der Waals surface area contributed by atoms with Crippen LogP contribution in [0.3, 0.4) is 0 Å². The molecule has 0 unspecified atom stereocenters. The van der Waals surface area contributed by atoms with Gasteiger partial charge in [-0.15, -0.1) is 0 Å². The Balaban J connectivity index is 1.39. The molecular weight excluding hydrogens is 374 g/mol. The van der Waals surface area contributed by atoms with E-state index in [9.17, 15) is 9.59 Å². The first kappa shape index (κ1) is 21.9. The second-order valence-electron chi connectivity index (χ2n) is 8.43. The Morgan fingerprint density at radius 2 is 1.73 bits per heavy atom. The lowest BCUT2D eigenvalue weighted by atomic mass is 9.92. The predicted octanol–water partition coefficient (Wildman–Crippen LogP) is 4.99. The van der Waals surface area contributed by atoms with Crippen LogP contribution < -0.4 is 5.32 Å². The summed E-state index contributed by atoms with van der Waals surface area (Å²) in [5.74, 6) is 0.693. The van der Waals surface area contributed by atoms with Gasteiger partial charge in [0.25, 0.3) is 0 Å². The lowest BCUT2D eigenvalue weighted by Gasteiger charge is -2.32. The van der Waals surface area contributed by atoms with Gasteiger partial charge in [-0.3, -0.25) is 4.79 Å². The van der Waals surface area contributed by atoms with Gasteiger partial charge in [-0.2, -0.15) is 0 Å². The molecule has 0 radical (unpaired) electrons. The molecule has 5 heteroatoms. The normalized spacial score (nSPS) is 14.4. The van der Waals surface area contributed by atoms with Gasteiger partial charge >= 0.3 is 6.03 Å². The Morgan fingerprint density at radius 3 is 2.40 bits per heavy atom. The first-order chi connectivity index (χ1) is 14.4. The van der Waals surface area contributed by atoms with Gasteiger partial charge in [-0.1, -0.05) is 36.4 Å². The number of rotatable bonds is 6. The minimum Gasteiger partial charge on any atom is -0.341 e. The first-order valence-electron chi connectivity index (χ1n) is 10.8. The number of anilines is 1. The van der Waals surface area contributed by atoms with E-state index >= 15 is 0 Å².